The maximum absolute atomic E-state index is 13.1. The largest absolute Gasteiger partial charge is 0.416 e. The number of amides is 1. The van der Waals surface area contributed by atoms with E-state index in [2.05, 4.69) is 15.3 Å². The van der Waals surface area contributed by atoms with Crippen molar-refractivity contribution in [2.75, 3.05) is 6.54 Å². The van der Waals surface area contributed by atoms with Gasteiger partial charge in [-0.1, -0.05) is 35.3 Å². The van der Waals surface area contributed by atoms with Gasteiger partial charge in [0.25, 0.3) is 0 Å². The Morgan fingerprint density at radius 1 is 1.17 bits per heavy atom. The minimum absolute atomic E-state index is 0.0234. The predicted molar refractivity (Wildman–Crippen MR) is 126 cm³/mol. The molecular formula is C21H17Cl2F3N4O3S2. The van der Waals surface area contributed by atoms with E-state index in [0.717, 1.165) is 27.8 Å². The van der Waals surface area contributed by atoms with Crippen molar-refractivity contribution in [3.05, 3.63) is 62.7 Å². The molecule has 1 amide bonds. The molecule has 0 radical (unpaired) electrons. The first-order chi connectivity index (χ1) is 16.5. The van der Waals surface area contributed by atoms with Gasteiger partial charge in [0.2, 0.25) is 15.9 Å². The van der Waals surface area contributed by atoms with Crippen molar-refractivity contribution >= 4 is 50.5 Å². The van der Waals surface area contributed by atoms with Crippen molar-refractivity contribution in [3.63, 3.8) is 0 Å². The first-order valence-corrected chi connectivity index (χ1v) is 13.2. The number of hydrogen-bond acceptors (Lipinski definition) is 6. The van der Waals surface area contributed by atoms with Gasteiger partial charge in [-0.15, -0.1) is 11.3 Å². The van der Waals surface area contributed by atoms with Crippen LogP contribution in [0.1, 0.15) is 24.1 Å². The molecule has 1 fully saturated rings. The Labute approximate surface area is 213 Å². The smallest absolute Gasteiger partial charge is 0.349 e. The van der Waals surface area contributed by atoms with Gasteiger partial charge in [0.05, 0.1) is 27.8 Å². The van der Waals surface area contributed by atoms with Crippen LogP contribution < -0.4 is 5.32 Å². The van der Waals surface area contributed by atoms with Crippen molar-refractivity contribution in [2.24, 2.45) is 0 Å². The molecule has 0 saturated carbocycles. The third-order valence-electron chi connectivity index (χ3n) is 5.39. The highest BCUT2D eigenvalue weighted by Gasteiger charge is 2.40. The van der Waals surface area contributed by atoms with E-state index in [-0.39, 0.29) is 26.7 Å². The molecule has 7 nitrogen and oxygen atoms in total. The predicted octanol–water partition coefficient (Wildman–Crippen LogP) is 5.00. The van der Waals surface area contributed by atoms with Crippen LogP contribution in [0.3, 0.4) is 0 Å². The average Bonchev–Trinajstić information content (AvgIpc) is 3.44. The molecule has 1 aliphatic heterocycles. The zero-order chi connectivity index (χ0) is 25.4. The Balaban J connectivity index is 1.45. The van der Waals surface area contributed by atoms with Gasteiger partial charge in [-0.25, -0.2) is 18.4 Å². The Morgan fingerprint density at radius 2 is 1.89 bits per heavy atom. The molecule has 3 heterocycles. The normalized spacial score (nSPS) is 17.0. The van der Waals surface area contributed by atoms with Gasteiger partial charge in [0.1, 0.15) is 21.6 Å². The molecular weight excluding hydrogens is 548 g/mol. The van der Waals surface area contributed by atoms with E-state index in [1.165, 1.54) is 24.5 Å². The summed E-state index contributed by atoms with van der Waals surface area (Å²) in [4.78, 5) is 20.9. The molecule has 2 aromatic heterocycles. The summed E-state index contributed by atoms with van der Waals surface area (Å²) < 4.78 is 65.9. The summed E-state index contributed by atoms with van der Waals surface area (Å²) in [5, 5.41) is 2.68. The Hall–Kier alpha value is -2.25. The molecule has 14 heteroatoms. The number of carbonyl (C=O) groups is 1. The maximum Gasteiger partial charge on any atom is 0.416 e. The summed E-state index contributed by atoms with van der Waals surface area (Å²) in [7, 11) is -4.02. The highest BCUT2D eigenvalue weighted by atomic mass is 35.5. The number of alkyl halides is 3. The van der Waals surface area contributed by atoms with Crippen LogP contribution in [0.25, 0.3) is 11.3 Å². The van der Waals surface area contributed by atoms with Gasteiger partial charge in [0, 0.05) is 12.1 Å². The number of sulfonamides is 1. The van der Waals surface area contributed by atoms with Crippen molar-refractivity contribution in [3.8, 4) is 11.3 Å². The first kappa shape index (κ1) is 25.8. The lowest BCUT2D eigenvalue weighted by atomic mass is 10.1. The van der Waals surface area contributed by atoms with Crippen LogP contribution in [-0.4, -0.2) is 41.2 Å². The van der Waals surface area contributed by atoms with Gasteiger partial charge in [-0.3, -0.25) is 4.79 Å². The highest BCUT2D eigenvalue weighted by molar-refractivity contribution is 7.89. The van der Waals surface area contributed by atoms with Gasteiger partial charge in [0.15, 0.2) is 0 Å². The number of halogens is 5. The lowest BCUT2D eigenvalue weighted by Crippen LogP contribution is -2.45. The summed E-state index contributed by atoms with van der Waals surface area (Å²) in [6.45, 7) is 0.139. The van der Waals surface area contributed by atoms with Crippen LogP contribution in [0.2, 0.25) is 8.67 Å². The van der Waals surface area contributed by atoms with Crippen LogP contribution in [-0.2, 0) is 27.5 Å². The molecule has 35 heavy (non-hydrogen) atoms. The summed E-state index contributed by atoms with van der Waals surface area (Å²) in [6, 6.07) is 6.40. The van der Waals surface area contributed by atoms with Crippen molar-refractivity contribution in [1.82, 2.24) is 19.6 Å². The van der Waals surface area contributed by atoms with E-state index in [4.69, 9.17) is 23.2 Å². The fourth-order valence-electron chi connectivity index (χ4n) is 3.69. The monoisotopic (exact) mass is 564 g/mol. The summed E-state index contributed by atoms with van der Waals surface area (Å²) in [6.07, 6.45) is -2.37. The minimum Gasteiger partial charge on any atom is -0.349 e. The molecule has 1 atom stereocenters. The molecule has 1 N–H and O–H groups in total. The van der Waals surface area contributed by atoms with Gasteiger partial charge < -0.3 is 5.32 Å². The lowest BCUT2D eigenvalue weighted by Gasteiger charge is -2.23. The van der Waals surface area contributed by atoms with Crippen molar-refractivity contribution in [1.29, 1.82) is 0 Å². The second-order valence-electron chi connectivity index (χ2n) is 7.65. The van der Waals surface area contributed by atoms with E-state index in [0.29, 0.717) is 29.8 Å². The lowest BCUT2D eigenvalue weighted by molar-refractivity contribution is -0.137. The highest BCUT2D eigenvalue weighted by Crippen LogP contribution is 2.38. The average molecular weight is 565 g/mol. The molecule has 0 spiro atoms. The fourth-order valence-corrected chi connectivity index (χ4v) is 7.47. The van der Waals surface area contributed by atoms with Crippen LogP contribution in [0.5, 0.6) is 0 Å². The molecule has 0 aliphatic carbocycles. The van der Waals surface area contributed by atoms with Crippen molar-refractivity contribution < 1.29 is 26.4 Å². The number of nitrogens with zero attached hydrogens (tertiary/aromatic N) is 3. The molecule has 4 rings (SSSR count). The Kier molecular flexibility index (Phi) is 7.39. The molecule has 0 unspecified atom stereocenters. The van der Waals surface area contributed by atoms with Gasteiger partial charge >= 0.3 is 6.18 Å². The number of thiophene rings is 1. The number of hydrogen-bond donors (Lipinski definition) is 1. The van der Waals surface area contributed by atoms with Crippen LogP contribution in [0, 0.1) is 0 Å². The van der Waals surface area contributed by atoms with E-state index < -0.39 is 33.7 Å². The third-order valence-corrected chi connectivity index (χ3v) is 9.05. The zero-order valence-electron chi connectivity index (χ0n) is 17.7. The standard InChI is InChI=1S/C21H17Cl2F3N4O3S2/c22-18-9-17(19(23)34-18)35(32,33)30-7-1-2-16(30)20(31)27-10-14-8-15(29-11-28-14)12-3-5-13(6-4-12)21(24,25)26/h3-6,8-9,11,16H,1-2,7,10H2,(H,27,31)/t16-/m0/s1. The SMILES string of the molecule is O=C(NCc1cc(-c2ccc(C(F)(F)F)cc2)ncn1)[C@@H]1CCCN1S(=O)(=O)c1cc(Cl)sc1Cl. The van der Waals surface area contributed by atoms with E-state index >= 15 is 0 Å². The van der Waals surface area contributed by atoms with E-state index in [1.54, 1.807) is 6.07 Å². The van der Waals surface area contributed by atoms with E-state index in [9.17, 15) is 26.4 Å². The third kappa shape index (κ3) is 5.61. The Bertz CT molecular complexity index is 1350. The molecule has 1 aromatic carbocycles. The fraction of sp³-hybridized carbons (Fsp3) is 0.286. The van der Waals surface area contributed by atoms with Gasteiger partial charge in [-0.2, -0.15) is 17.5 Å². The maximum atomic E-state index is 13.1. The second-order valence-corrected chi connectivity index (χ2v) is 11.8. The first-order valence-electron chi connectivity index (χ1n) is 10.2. The van der Waals surface area contributed by atoms with Gasteiger partial charge in [-0.05, 0) is 37.1 Å². The topological polar surface area (TPSA) is 92.3 Å². The number of rotatable bonds is 6. The molecule has 186 valence electrons. The van der Waals surface area contributed by atoms with Crippen LogP contribution in [0.15, 0.2) is 47.6 Å². The molecule has 0 bridgehead atoms. The van der Waals surface area contributed by atoms with E-state index in [1.807, 2.05) is 0 Å². The van der Waals surface area contributed by atoms with Crippen molar-refractivity contribution in [2.45, 2.75) is 36.5 Å². The minimum atomic E-state index is -4.44. The zero-order valence-corrected chi connectivity index (χ0v) is 20.9. The number of carbonyl (C=O) groups excluding carboxylic acids is 1. The quantitative estimate of drug-likeness (QED) is 0.454. The molecule has 3 aromatic rings. The number of aromatic nitrogens is 2. The molecule has 1 saturated heterocycles. The van der Waals surface area contributed by atoms with Crippen LogP contribution >= 0.6 is 34.5 Å². The number of nitrogens with one attached hydrogen (secondary N) is 1. The van der Waals surface area contributed by atoms with Crippen LogP contribution in [0.4, 0.5) is 13.2 Å². The summed E-state index contributed by atoms with van der Waals surface area (Å²) >= 11 is 12.8. The molecule has 1 aliphatic rings. The Morgan fingerprint density at radius 3 is 2.51 bits per heavy atom. The number of benzene rings is 1. The summed E-state index contributed by atoms with van der Waals surface area (Å²) in [5.41, 5.74) is 0.465. The summed E-state index contributed by atoms with van der Waals surface area (Å²) in [5.74, 6) is -0.502. The second kappa shape index (κ2) is 10.0.